The van der Waals surface area contributed by atoms with E-state index in [9.17, 15) is 0 Å². The number of halogens is 2. The van der Waals surface area contributed by atoms with Crippen molar-refractivity contribution in [3.8, 4) is 0 Å². The van der Waals surface area contributed by atoms with Gasteiger partial charge in [0.05, 0.1) is 11.0 Å². The van der Waals surface area contributed by atoms with E-state index in [4.69, 9.17) is 28.2 Å². The van der Waals surface area contributed by atoms with Crippen LogP contribution in [0.1, 0.15) is 39.6 Å². The van der Waals surface area contributed by atoms with Crippen LogP contribution in [-0.2, 0) is 6.42 Å². The van der Waals surface area contributed by atoms with Crippen LogP contribution in [0.15, 0.2) is 18.2 Å². The highest BCUT2D eigenvalue weighted by molar-refractivity contribution is 6.31. The molecule has 1 unspecified atom stereocenters. The average Bonchev–Trinajstić information content (AvgIpc) is 2.64. The highest BCUT2D eigenvalue weighted by Gasteiger charge is 2.25. The minimum atomic E-state index is 0.161. The van der Waals surface area contributed by atoms with E-state index in [1.165, 1.54) is 0 Å². The second kappa shape index (κ2) is 5.34. The van der Waals surface area contributed by atoms with Gasteiger partial charge in [-0.05, 0) is 30.5 Å². The normalized spacial score (nSPS) is 14.0. The van der Waals surface area contributed by atoms with Crippen LogP contribution >= 0.6 is 23.2 Å². The Bertz CT molecular complexity index is 582. The van der Waals surface area contributed by atoms with Crippen molar-refractivity contribution < 1.29 is 0 Å². The lowest BCUT2D eigenvalue weighted by Crippen LogP contribution is -2.23. The van der Waals surface area contributed by atoms with Gasteiger partial charge in [0.1, 0.15) is 5.82 Å². The number of rotatable bonds is 3. The van der Waals surface area contributed by atoms with E-state index in [1.807, 2.05) is 18.2 Å². The molecule has 104 valence electrons. The number of fused-ring (bicyclic) bond motifs is 1. The number of imidazole rings is 1. The maximum atomic E-state index is 6.05. The molecule has 19 heavy (non-hydrogen) atoms. The summed E-state index contributed by atoms with van der Waals surface area (Å²) in [6.07, 6.45) is 0.772. The molecular formula is C15H20Cl2N2. The molecule has 0 aliphatic rings. The van der Waals surface area contributed by atoms with Gasteiger partial charge >= 0.3 is 0 Å². The largest absolute Gasteiger partial charge is 0.325 e. The number of hydrogen-bond acceptors (Lipinski definition) is 1. The van der Waals surface area contributed by atoms with Crippen molar-refractivity contribution in [2.45, 2.75) is 40.2 Å². The molecule has 1 heterocycles. The summed E-state index contributed by atoms with van der Waals surface area (Å²) in [5, 5.41) is 0.720. The fraction of sp³-hybridized carbons (Fsp3) is 0.533. The molecule has 0 aliphatic heterocycles. The van der Waals surface area contributed by atoms with Gasteiger partial charge in [-0.3, -0.25) is 0 Å². The molecule has 0 bridgehead atoms. The minimum absolute atomic E-state index is 0.161. The van der Waals surface area contributed by atoms with Crippen molar-refractivity contribution in [2.24, 2.45) is 5.41 Å². The quantitative estimate of drug-likeness (QED) is 0.723. The maximum Gasteiger partial charge on any atom is 0.111 e. The van der Waals surface area contributed by atoms with E-state index in [1.54, 1.807) is 0 Å². The van der Waals surface area contributed by atoms with Crippen molar-refractivity contribution >= 4 is 34.2 Å². The van der Waals surface area contributed by atoms with Crippen LogP contribution in [0.4, 0.5) is 0 Å². The number of alkyl halides is 1. The SMILES string of the molecule is CC(n1c(CCCl)nc2cc(Cl)ccc21)C(C)(C)C. The molecule has 0 amide bonds. The van der Waals surface area contributed by atoms with E-state index < -0.39 is 0 Å². The van der Waals surface area contributed by atoms with Crippen LogP contribution in [-0.4, -0.2) is 15.4 Å². The van der Waals surface area contributed by atoms with Crippen LogP contribution < -0.4 is 0 Å². The van der Waals surface area contributed by atoms with Gasteiger partial charge in [0, 0.05) is 23.4 Å². The van der Waals surface area contributed by atoms with Gasteiger partial charge in [-0.1, -0.05) is 32.4 Å². The fourth-order valence-electron chi connectivity index (χ4n) is 2.20. The molecule has 0 spiro atoms. The van der Waals surface area contributed by atoms with Gasteiger partial charge in [-0.25, -0.2) is 4.98 Å². The predicted octanol–water partition coefficient (Wildman–Crippen LogP) is 5.08. The molecule has 0 fully saturated rings. The zero-order valence-electron chi connectivity index (χ0n) is 11.9. The van der Waals surface area contributed by atoms with Crippen molar-refractivity contribution in [1.82, 2.24) is 9.55 Å². The van der Waals surface area contributed by atoms with Crippen LogP contribution in [0, 0.1) is 5.41 Å². The molecule has 0 N–H and O–H groups in total. The average molecular weight is 299 g/mol. The first-order valence-electron chi connectivity index (χ1n) is 6.57. The topological polar surface area (TPSA) is 17.8 Å². The van der Waals surface area contributed by atoms with Gasteiger partial charge in [-0.15, -0.1) is 11.6 Å². The molecule has 0 radical (unpaired) electrons. The molecule has 1 aromatic carbocycles. The lowest BCUT2D eigenvalue weighted by atomic mass is 9.87. The van der Waals surface area contributed by atoms with Gasteiger partial charge in [-0.2, -0.15) is 0 Å². The summed E-state index contributed by atoms with van der Waals surface area (Å²) in [5.74, 6) is 1.61. The highest BCUT2D eigenvalue weighted by atomic mass is 35.5. The zero-order valence-corrected chi connectivity index (χ0v) is 13.4. The van der Waals surface area contributed by atoms with Gasteiger partial charge in [0.2, 0.25) is 0 Å². The number of aromatic nitrogens is 2. The van der Waals surface area contributed by atoms with Crippen molar-refractivity contribution in [1.29, 1.82) is 0 Å². The van der Waals surface area contributed by atoms with E-state index in [0.717, 1.165) is 28.3 Å². The van der Waals surface area contributed by atoms with E-state index in [2.05, 4.69) is 32.3 Å². The Kier molecular flexibility index (Phi) is 4.12. The van der Waals surface area contributed by atoms with Crippen LogP contribution in [0.25, 0.3) is 11.0 Å². The van der Waals surface area contributed by atoms with Crippen molar-refractivity contribution in [3.05, 3.63) is 29.0 Å². The summed E-state index contributed by atoms with van der Waals surface area (Å²) >= 11 is 12.0. The molecular weight excluding hydrogens is 279 g/mol. The first-order chi connectivity index (χ1) is 8.84. The maximum absolute atomic E-state index is 6.05. The lowest BCUT2D eigenvalue weighted by Gasteiger charge is -2.30. The molecule has 0 saturated carbocycles. The standard InChI is InChI=1S/C15H20Cl2N2/c1-10(15(2,3)4)19-13-6-5-11(17)9-12(13)18-14(19)7-8-16/h5-6,9-10H,7-8H2,1-4H3. The number of aryl methyl sites for hydroxylation is 1. The molecule has 2 aromatic rings. The van der Waals surface area contributed by atoms with Crippen LogP contribution in [0.2, 0.25) is 5.02 Å². The summed E-state index contributed by atoms with van der Waals surface area (Å²) in [4.78, 5) is 4.69. The van der Waals surface area contributed by atoms with Gasteiger partial charge < -0.3 is 4.57 Å². The summed E-state index contributed by atoms with van der Waals surface area (Å²) < 4.78 is 2.30. The van der Waals surface area contributed by atoms with Crippen LogP contribution in [0.3, 0.4) is 0 Å². The molecule has 4 heteroatoms. The van der Waals surface area contributed by atoms with Crippen molar-refractivity contribution in [2.75, 3.05) is 5.88 Å². The number of nitrogens with zero attached hydrogens (tertiary/aromatic N) is 2. The first-order valence-corrected chi connectivity index (χ1v) is 7.48. The number of benzene rings is 1. The summed E-state index contributed by atoms with van der Waals surface area (Å²) in [6, 6.07) is 6.23. The third kappa shape index (κ3) is 2.90. The Morgan fingerprint density at radius 3 is 2.58 bits per heavy atom. The van der Waals surface area contributed by atoms with E-state index in [-0.39, 0.29) is 5.41 Å². The van der Waals surface area contributed by atoms with Gasteiger partial charge in [0.25, 0.3) is 0 Å². The van der Waals surface area contributed by atoms with Crippen molar-refractivity contribution in [3.63, 3.8) is 0 Å². The molecule has 1 aromatic heterocycles. The molecule has 2 nitrogen and oxygen atoms in total. The Morgan fingerprint density at radius 2 is 2.00 bits per heavy atom. The third-order valence-electron chi connectivity index (χ3n) is 3.68. The summed E-state index contributed by atoms with van der Waals surface area (Å²) in [7, 11) is 0. The number of hydrogen-bond donors (Lipinski definition) is 0. The highest BCUT2D eigenvalue weighted by Crippen LogP contribution is 2.34. The minimum Gasteiger partial charge on any atom is -0.325 e. The second-order valence-corrected chi connectivity index (χ2v) is 6.83. The molecule has 0 aliphatic carbocycles. The molecule has 1 atom stereocenters. The fourth-order valence-corrected chi connectivity index (χ4v) is 2.54. The monoisotopic (exact) mass is 298 g/mol. The predicted molar refractivity (Wildman–Crippen MR) is 83.3 cm³/mol. The Hall–Kier alpha value is -0.730. The zero-order chi connectivity index (χ0) is 14.2. The smallest absolute Gasteiger partial charge is 0.111 e. The third-order valence-corrected chi connectivity index (χ3v) is 4.11. The molecule has 0 saturated heterocycles. The van der Waals surface area contributed by atoms with Crippen LogP contribution in [0.5, 0.6) is 0 Å². The first kappa shape index (κ1) is 14.7. The lowest BCUT2D eigenvalue weighted by molar-refractivity contribution is 0.263. The summed E-state index contributed by atoms with van der Waals surface area (Å²) in [6.45, 7) is 8.95. The Morgan fingerprint density at radius 1 is 1.32 bits per heavy atom. The van der Waals surface area contributed by atoms with Gasteiger partial charge in [0.15, 0.2) is 0 Å². The second-order valence-electron chi connectivity index (χ2n) is 6.01. The Balaban J connectivity index is 2.64. The summed E-state index contributed by atoms with van der Waals surface area (Å²) in [5.41, 5.74) is 2.24. The Labute approximate surface area is 124 Å². The van der Waals surface area contributed by atoms with E-state index in [0.29, 0.717) is 11.9 Å². The molecule has 2 rings (SSSR count). The van der Waals surface area contributed by atoms with E-state index >= 15 is 0 Å².